The second-order valence-corrected chi connectivity index (χ2v) is 8.32. The van der Waals surface area contributed by atoms with E-state index < -0.39 is 0 Å². The standard InChI is InChI=1S/C27H30N4O3/c1-5-34-23-14-10-9-11-20(23)17-28-24(32)16-15-22-18(2)25-19(3)29-31(21-12-7-6-8-13-21)26(25)30(4)27(22)33/h6-14H,5,15-17H2,1-4H3,(H,28,32). The van der Waals surface area contributed by atoms with E-state index in [2.05, 4.69) is 5.32 Å². The smallest absolute Gasteiger partial charge is 0.255 e. The SMILES string of the molecule is CCOc1ccccc1CNC(=O)CCc1c(C)c2c(C)nn(-c3ccccc3)c2n(C)c1=O. The first-order valence-electron chi connectivity index (χ1n) is 11.5. The highest BCUT2D eigenvalue weighted by Gasteiger charge is 2.20. The quantitative estimate of drug-likeness (QED) is 0.433. The molecule has 0 aliphatic heterocycles. The Morgan fingerprint density at radius 3 is 2.50 bits per heavy atom. The summed E-state index contributed by atoms with van der Waals surface area (Å²) in [6, 6.07) is 17.4. The zero-order valence-electron chi connectivity index (χ0n) is 20.1. The monoisotopic (exact) mass is 458 g/mol. The highest BCUT2D eigenvalue weighted by molar-refractivity contribution is 5.85. The van der Waals surface area contributed by atoms with Crippen LogP contribution in [0.15, 0.2) is 59.4 Å². The van der Waals surface area contributed by atoms with E-state index in [0.717, 1.165) is 39.3 Å². The van der Waals surface area contributed by atoms with Gasteiger partial charge in [-0.15, -0.1) is 0 Å². The van der Waals surface area contributed by atoms with Crippen LogP contribution in [0.5, 0.6) is 5.75 Å². The lowest BCUT2D eigenvalue weighted by Gasteiger charge is -2.13. The number of aromatic nitrogens is 3. The minimum absolute atomic E-state index is 0.100. The van der Waals surface area contributed by atoms with Crippen molar-refractivity contribution in [2.75, 3.05) is 6.61 Å². The zero-order chi connectivity index (χ0) is 24.2. The second-order valence-electron chi connectivity index (χ2n) is 8.32. The lowest BCUT2D eigenvalue weighted by molar-refractivity contribution is -0.121. The molecule has 2 heterocycles. The van der Waals surface area contributed by atoms with E-state index in [0.29, 0.717) is 25.1 Å². The molecule has 0 aliphatic rings. The fourth-order valence-corrected chi connectivity index (χ4v) is 4.38. The van der Waals surface area contributed by atoms with Gasteiger partial charge in [0.05, 0.1) is 18.0 Å². The minimum Gasteiger partial charge on any atom is -0.494 e. The van der Waals surface area contributed by atoms with Crippen molar-refractivity contribution in [3.8, 4) is 11.4 Å². The zero-order valence-corrected chi connectivity index (χ0v) is 20.1. The number of pyridine rings is 1. The summed E-state index contributed by atoms with van der Waals surface area (Å²) in [4.78, 5) is 25.9. The number of rotatable bonds is 8. The molecule has 0 saturated carbocycles. The molecular formula is C27H30N4O3. The summed E-state index contributed by atoms with van der Waals surface area (Å²) in [6.07, 6.45) is 0.591. The number of carbonyl (C=O) groups is 1. The summed E-state index contributed by atoms with van der Waals surface area (Å²) in [5.41, 5.74) is 4.86. The number of para-hydroxylation sites is 2. The van der Waals surface area contributed by atoms with Gasteiger partial charge in [0.25, 0.3) is 5.56 Å². The van der Waals surface area contributed by atoms with Crippen molar-refractivity contribution in [2.45, 2.75) is 40.2 Å². The summed E-state index contributed by atoms with van der Waals surface area (Å²) in [5.74, 6) is 0.663. The number of hydrogen-bond acceptors (Lipinski definition) is 4. The van der Waals surface area contributed by atoms with Crippen molar-refractivity contribution >= 4 is 16.9 Å². The van der Waals surface area contributed by atoms with Crippen molar-refractivity contribution in [3.63, 3.8) is 0 Å². The van der Waals surface area contributed by atoms with Crippen LogP contribution in [0.1, 0.15) is 35.7 Å². The van der Waals surface area contributed by atoms with Gasteiger partial charge in [-0.25, -0.2) is 4.68 Å². The number of benzene rings is 2. The van der Waals surface area contributed by atoms with Crippen LogP contribution in [0.2, 0.25) is 0 Å². The Kier molecular flexibility index (Phi) is 6.82. The van der Waals surface area contributed by atoms with Crippen LogP contribution in [0.25, 0.3) is 16.7 Å². The lowest BCUT2D eigenvalue weighted by Crippen LogP contribution is -2.27. The number of fused-ring (bicyclic) bond motifs is 1. The molecule has 34 heavy (non-hydrogen) atoms. The van der Waals surface area contributed by atoms with E-state index in [1.165, 1.54) is 0 Å². The van der Waals surface area contributed by atoms with Crippen LogP contribution in [-0.2, 0) is 24.8 Å². The number of carbonyl (C=O) groups excluding carboxylic acids is 1. The number of ether oxygens (including phenoxy) is 1. The minimum atomic E-state index is -0.107. The maximum absolute atomic E-state index is 13.3. The summed E-state index contributed by atoms with van der Waals surface area (Å²) in [7, 11) is 1.76. The van der Waals surface area contributed by atoms with Gasteiger partial charge in [0, 0.05) is 36.5 Å². The molecule has 0 saturated heterocycles. The van der Waals surface area contributed by atoms with E-state index in [9.17, 15) is 9.59 Å². The van der Waals surface area contributed by atoms with Gasteiger partial charge < -0.3 is 10.1 Å². The topological polar surface area (TPSA) is 78.2 Å². The van der Waals surface area contributed by atoms with Crippen molar-refractivity contribution in [1.82, 2.24) is 19.7 Å². The van der Waals surface area contributed by atoms with E-state index in [-0.39, 0.29) is 17.9 Å². The first-order valence-corrected chi connectivity index (χ1v) is 11.5. The Morgan fingerprint density at radius 2 is 1.76 bits per heavy atom. The average molecular weight is 459 g/mol. The van der Waals surface area contributed by atoms with Gasteiger partial charge in [-0.1, -0.05) is 36.4 Å². The molecule has 7 nitrogen and oxygen atoms in total. The molecule has 7 heteroatoms. The van der Waals surface area contributed by atoms with Gasteiger partial charge in [-0.3, -0.25) is 14.2 Å². The average Bonchev–Trinajstić information content (AvgIpc) is 3.20. The van der Waals surface area contributed by atoms with Crippen molar-refractivity contribution in [3.05, 3.63) is 87.3 Å². The van der Waals surface area contributed by atoms with E-state index in [1.807, 2.05) is 80.1 Å². The normalized spacial score (nSPS) is 11.1. The number of aryl methyl sites for hydroxylation is 3. The molecule has 0 aliphatic carbocycles. The highest BCUT2D eigenvalue weighted by Crippen LogP contribution is 2.26. The molecule has 4 rings (SSSR count). The fourth-order valence-electron chi connectivity index (χ4n) is 4.38. The van der Waals surface area contributed by atoms with Crippen molar-refractivity contribution in [1.29, 1.82) is 0 Å². The van der Waals surface area contributed by atoms with Crippen LogP contribution in [0.3, 0.4) is 0 Å². The number of hydrogen-bond donors (Lipinski definition) is 1. The van der Waals surface area contributed by atoms with Gasteiger partial charge >= 0.3 is 0 Å². The molecule has 0 bridgehead atoms. The molecule has 0 unspecified atom stereocenters. The fraction of sp³-hybridized carbons (Fsp3) is 0.296. The first kappa shape index (κ1) is 23.3. The lowest BCUT2D eigenvalue weighted by atomic mass is 10.0. The van der Waals surface area contributed by atoms with Gasteiger partial charge in [0.1, 0.15) is 11.4 Å². The Bertz CT molecular complexity index is 1390. The van der Waals surface area contributed by atoms with Crippen LogP contribution < -0.4 is 15.6 Å². The third kappa shape index (κ3) is 4.46. The first-order chi connectivity index (χ1) is 16.4. The molecule has 0 fully saturated rings. The largest absolute Gasteiger partial charge is 0.494 e. The van der Waals surface area contributed by atoms with E-state index >= 15 is 0 Å². The molecule has 1 amide bonds. The van der Waals surface area contributed by atoms with Crippen LogP contribution in [0, 0.1) is 13.8 Å². The Labute approximate surface area is 199 Å². The van der Waals surface area contributed by atoms with E-state index in [4.69, 9.17) is 9.84 Å². The van der Waals surface area contributed by atoms with Gasteiger partial charge in [0.2, 0.25) is 5.91 Å². The van der Waals surface area contributed by atoms with Crippen LogP contribution >= 0.6 is 0 Å². The molecule has 0 atom stereocenters. The molecular weight excluding hydrogens is 428 g/mol. The third-order valence-corrected chi connectivity index (χ3v) is 6.10. The molecule has 4 aromatic rings. The Morgan fingerprint density at radius 1 is 1.06 bits per heavy atom. The Hall–Kier alpha value is -3.87. The van der Waals surface area contributed by atoms with Gasteiger partial charge in [-0.2, -0.15) is 5.10 Å². The predicted octanol–water partition coefficient (Wildman–Crippen LogP) is 3.99. The number of amides is 1. The van der Waals surface area contributed by atoms with E-state index in [1.54, 1.807) is 11.6 Å². The molecule has 0 spiro atoms. The van der Waals surface area contributed by atoms with Crippen molar-refractivity contribution < 1.29 is 9.53 Å². The summed E-state index contributed by atoms with van der Waals surface area (Å²) in [5, 5.41) is 8.61. The summed E-state index contributed by atoms with van der Waals surface area (Å²) < 4.78 is 9.08. The molecule has 176 valence electrons. The molecule has 0 radical (unpaired) electrons. The molecule has 2 aromatic heterocycles. The van der Waals surface area contributed by atoms with Crippen LogP contribution in [0.4, 0.5) is 0 Å². The number of nitrogens with one attached hydrogen (secondary N) is 1. The Balaban J connectivity index is 1.56. The maximum Gasteiger partial charge on any atom is 0.255 e. The number of nitrogens with zero attached hydrogens (tertiary/aromatic N) is 3. The third-order valence-electron chi connectivity index (χ3n) is 6.10. The van der Waals surface area contributed by atoms with Gasteiger partial charge in [0.15, 0.2) is 0 Å². The second kappa shape index (κ2) is 9.95. The summed E-state index contributed by atoms with van der Waals surface area (Å²) in [6.45, 7) is 6.77. The van der Waals surface area contributed by atoms with Crippen LogP contribution in [-0.4, -0.2) is 26.9 Å². The highest BCUT2D eigenvalue weighted by atomic mass is 16.5. The molecule has 1 N–H and O–H groups in total. The predicted molar refractivity (Wildman–Crippen MR) is 134 cm³/mol. The summed E-state index contributed by atoms with van der Waals surface area (Å²) >= 11 is 0. The van der Waals surface area contributed by atoms with Gasteiger partial charge in [-0.05, 0) is 51.0 Å². The molecule has 2 aromatic carbocycles. The van der Waals surface area contributed by atoms with Crippen molar-refractivity contribution in [2.24, 2.45) is 7.05 Å². The maximum atomic E-state index is 13.3.